The summed E-state index contributed by atoms with van der Waals surface area (Å²) in [7, 11) is 1.18. The second kappa shape index (κ2) is 16.6. The topological polar surface area (TPSA) is 160 Å². The number of rotatable bonds is 17. The molecule has 2 rings (SSSR count). The van der Waals surface area contributed by atoms with E-state index in [2.05, 4.69) is 12.2 Å². The van der Waals surface area contributed by atoms with Crippen molar-refractivity contribution in [3.8, 4) is 5.75 Å². The number of benzene rings is 1. The van der Waals surface area contributed by atoms with Crippen molar-refractivity contribution in [3.05, 3.63) is 60.0 Å². The fourth-order valence-electron chi connectivity index (χ4n) is 5.50. The van der Waals surface area contributed by atoms with Crippen molar-refractivity contribution < 1.29 is 33.6 Å². The summed E-state index contributed by atoms with van der Waals surface area (Å²) in [4.78, 5) is 50.1. The predicted octanol–water partition coefficient (Wildman–Crippen LogP) is 6.94. The molecule has 1 N–H and O–H groups in total. The smallest absolute Gasteiger partial charge is 0.336 e. The highest BCUT2D eigenvalue weighted by atomic mass is 16.6. The van der Waals surface area contributed by atoms with Gasteiger partial charge in [0.15, 0.2) is 0 Å². The van der Waals surface area contributed by atoms with Crippen LogP contribution in [-0.4, -0.2) is 41.6 Å². The van der Waals surface area contributed by atoms with Crippen molar-refractivity contribution in [1.29, 1.82) is 0 Å². The molecule has 1 aromatic rings. The van der Waals surface area contributed by atoms with Gasteiger partial charge in [0, 0.05) is 22.5 Å². The van der Waals surface area contributed by atoms with Gasteiger partial charge in [0.1, 0.15) is 0 Å². The van der Waals surface area contributed by atoms with E-state index in [9.17, 15) is 29.8 Å². The molecule has 1 atom stereocenters. The largest absolute Gasteiger partial charge is 0.484 e. The quantitative estimate of drug-likeness (QED) is 0.0854. The van der Waals surface area contributed by atoms with E-state index in [4.69, 9.17) is 14.2 Å². The lowest BCUT2D eigenvalue weighted by Crippen LogP contribution is -2.33. The number of ether oxygens (including phenoxy) is 3. The lowest BCUT2D eigenvalue weighted by molar-refractivity contribution is -0.395. The summed E-state index contributed by atoms with van der Waals surface area (Å²) < 4.78 is 16.5. The van der Waals surface area contributed by atoms with Gasteiger partial charge in [-0.15, -0.1) is 0 Å². The molecule has 0 bridgehead atoms. The van der Waals surface area contributed by atoms with Crippen molar-refractivity contribution in [2.24, 2.45) is 0 Å². The first-order chi connectivity index (χ1) is 20.4. The summed E-state index contributed by atoms with van der Waals surface area (Å²) in [5.74, 6) is -3.08. The van der Waals surface area contributed by atoms with E-state index in [1.807, 2.05) is 0 Å². The molecule has 1 aromatic carbocycles. The van der Waals surface area contributed by atoms with Crippen LogP contribution in [0.3, 0.4) is 0 Å². The molecule has 0 spiro atoms. The Labute approximate surface area is 253 Å². The van der Waals surface area contributed by atoms with Crippen LogP contribution in [0.15, 0.2) is 28.6 Å². The summed E-state index contributed by atoms with van der Waals surface area (Å²) >= 11 is 0. The molecule has 43 heavy (non-hydrogen) atoms. The number of dihydropyridines is 1. The summed E-state index contributed by atoms with van der Waals surface area (Å²) in [6.45, 7) is 10.4. The van der Waals surface area contributed by atoms with Crippen molar-refractivity contribution in [3.63, 3.8) is 0 Å². The number of nitro groups is 2. The van der Waals surface area contributed by atoms with E-state index in [1.165, 1.54) is 13.5 Å². The molecule has 12 nitrogen and oxygen atoms in total. The molecule has 1 aliphatic rings. The van der Waals surface area contributed by atoms with Crippen LogP contribution in [0.1, 0.15) is 110 Å². The number of hydrogen-bond acceptors (Lipinski definition) is 10. The monoisotopic (exact) mass is 603 g/mol. The van der Waals surface area contributed by atoms with E-state index < -0.39 is 45.2 Å². The molecular weight excluding hydrogens is 558 g/mol. The first-order valence-electron chi connectivity index (χ1n) is 15.0. The standard InChI is InChI=1S/C31H45N3O9/c1-8-10-11-12-13-14-15-16-17-22-23(33(37)38)18-24(34(39)40)29(43-19(3)4)27(22)28-25(30(35)41-7)20(5)32-21(6)26(28)31(36)42-9-2/h18-19,28,32H,8-17H2,1-7H3. The Bertz CT molecular complexity index is 1270. The first-order valence-corrected chi connectivity index (χ1v) is 15.0. The Morgan fingerprint density at radius 3 is 1.91 bits per heavy atom. The Hall–Kier alpha value is -3.96. The Balaban J connectivity index is 2.91. The van der Waals surface area contributed by atoms with Gasteiger partial charge in [0.2, 0.25) is 5.75 Å². The van der Waals surface area contributed by atoms with Crippen LogP contribution < -0.4 is 10.1 Å². The van der Waals surface area contributed by atoms with Crippen molar-refractivity contribution in [2.45, 2.75) is 111 Å². The molecule has 1 aliphatic heterocycles. The summed E-state index contributed by atoms with van der Waals surface area (Å²) in [6.07, 6.45) is 7.51. The summed E-state index contributed by atoms with van der Waals surface area (Å²) in [5.41, 5.74) is -0.237. The number of allylic oxidation sites excluding steroid dienone is 2. The second-order valence-electron chi connectivity index (χ2n) is 10.9. The fraction of sp³-hybridized carbons (Fsp3) is 0.613. The SMILES string of the molecule is CCCCCCCCCCc1c([N+](=O)[O-])cc([N+](=O)[O-])c(OC(C)C)c1C1C(C(=O)OC)=C(C)NC(C)=C1C(=O)OCC. The fourth-order valence-corrected chi connectivity index (χ4v) is 5.50. The van der Waals surface area contributed by atoms with Crippen LogP contribution in [0.25, 0.3) is 0 Å². The van der Waals surface area contributed by atoms with Crippen LogP contribution in [0.4, 0.5) is 11.4 Å². The minimum Gasteiger partial charge on any atom is -0.484 e. The van der Waals surface area contributed by atoms with Gasteiger partial charge in [0.25, 0.3) is 5.69 Å². The number of hydrogen-bond donors (Lipinski definition) is 1. The maximum Gasteiger partial charge on any atom is 0.336 e. The van der Waals surface area contributed by atoms with E-state index in [0.717, 1.165) is 44.6 Å². The van der Waals surface area contributed by atoms with Crippen molar-refractivity contribution >= 4 is 23.3 Å². The highest BCUT2D eigenvalue weighted by Crippen LogP contribution is 2.50. The Kier molecular flexibility index (Phi) is 13.6. The number of esters is 2. The van der Waals surface area contributed by atoms with Gasteiger partial charge < -0.3 is 19.5 Å². The van der Waals surface area contributed by atoms with Gasteiger partial charge in [0.05, 0.1) is 52.8 Å². The zero-order valence-corrected chi connectivity index (χ0v) is 26.4. The third-order valence-corrected chi connectivity index (χ3v) is 7.36. The average molecular weight is 604 g/mol. The minimum absolute atomic E-state index is 0.00609. The molecule has 1 unspecified atom stereocenters. The number of nitrogens with one attached hydrogen (secondary N) is 1. The van der Waals surface area contributed by atoms with Crippen LogP contribution >= 0.6 is 0 Å². The zero-order valence-electron chi connectivity index (χ0n) is 26.4. The molecule has 1 heterocycles. The maximum atomic E-state index is 13.4. The lowest BCUT2D eigenvalue weighted by atomic mass is 9.76. The highest BCUT2D eigenvalue weighted by molar-refractivity contribution is 6.00. The Morgan fingerprint density at radius 2 is 1.42 bits per heavy atom. The van der Waals surface area contributed by atoms with Crippen molar-refractivity contribution in [2.75, 3.05) is 13.7 Å². The van der Waals surface area contributed by atoms with Crippen LogP contribution in [-0.2, 0) is 25.5 Å². The average Bonchev–Trinajstić information content (AvgIpc) is 2.93. The minimum atomic E-state index is -1.29. The molecule has 12 heteroatoms. The molecule has 0 radical (unpaired) electrons. The van der Waals surface area contributed by atoms with Gasteiger partial charge in [-0.05, 0) is 47.5 Å². The molecule has 0 saturated heterocycles. The molecular formula is C31H45N3O9. The van der Waals surface area contributed by atoms with Gasteiger partial charge in [-0.2, -0.15) is 0 Å². The molecule has 0 aromatic heterocycles. The molecule has 0 aliphatic carbocycles. The number of carbonyl (C=O) groups excluding carboxylic acids is 2. The third kappa shape index (κ3) is 8.77. The van der Waals surface area contributed by atoms with Crippen LogP contribution in [0.2, 0.25) is 0 Å². The van der Waals surface area contributed by atoms with E-state index in [-0.39, 0.29) is 41.1 Å². The van der Waals surface area contributed by atoms with E-state index >= 15 is 0 Å². The number of nitro benzene ring substituents is 2. The second-order valence-corrected chi connectivity index (χ2v) is 10.9. The van der Waals surface area contributed by atoms with Gasteiger partial charge in [-0.1, -0.05) is 51.9 Å². The van der Waals surface area contributed by atoms with E-state index in [0.29, 0.717) is 17.8 Å². The molecule has 0 saturated carbocycles. The van der Waals surface area contributed by atoms with E-state index in [1.54, 1.807) is 34.6 Å². The number of nitrogens with zero attached hydrogens (tertiary/aromatic N) is 2. The zero-order chi connectivity index (χ0) is 32.3. The number of carbonyl (C=O) groups is 2. The lowest BCUT2D eigenvalue weighted by Gasteiger charge is -2.32. The predicted molar refractivity (Wildman–Crippen MR) is 162 cm³/mol. The van der Waals surface area contributed by atoms with Crippen molar-refractivity contribution in [1.82, 2.24) is 5.32 Å². The Morgan fingerprint density at radius 1 is 0.884 bits per heavy atom. The van der Waals surface area contributed by atoms with Gasteiger partial charge in [-0.3, -0.25) is 20.2 Å². The number of unbranched alkanes of at least 4 members (excludes halogenated alkanes) is 7. The highest BCUT2D eigenvalue weighted by Gasteiger charge is 2.44. The molecule has 238 valence electrons. The number of methoxy groups -OCH3 is 1. The van der Waals surface area contributed by atoms with Gasteiger partial charge in [-0.25, -0.2) is 9.59 Å². The van der Waals surface area contributed by atoms with Gasteiger partial charge >= 0.3 is 17.6 Å². The normalized spacial score (nSPS) is 14.9. The summed E-state index contributed by atoms with van der Waals surface area (Å²) in [5, 5.41) is 27.8. The maximum absolute atomic E-state index is 13.4. The first kappa shape index (κ1) is 35.2. The van der Waals surface area contributed by atoms with Crippen LogP contribution in [0, 0.1) is 20.2 Å². The molecule has 0 amide bonds. The van der Waals surface area contributed by atoms with Crippen LogP contribution in [0.5, 0.6) is 5.75 Å². The summed E-state index contributed by atoms with van der Waals surface area (Å²) in [6, 6.07) is 0.914. The molecule has 0 fully saturated rings. The third-order valence-electron chi connectivity index (χ3n) is 7.36.